The van der Waals surface area contributed by atoms with Crippen LogP contribution in [0.1, 0.15) is 26.3 Å². The zero-order chi connectivity index (χ0) is 14.8. The number of benzene rings is 1. The highest BCUT2D eigenvalue weighted by molar-refractivity contribution is 5.93. The van der Waals surface area contributed by atoms with Crippen LogP contribution in [0.3, 0.4) is 0 Å². The fourth-order valence-electron chi connectivity index (χ4n) is 2.38. The molecule has 1 aliphatic rings. The number of hydrogen-bond donors (Lipinski definition) is 0. The van der Waals surface area contributed by atoms with Crippen molar-refractivity contribution in [3.8, 4) is 0 Å². The van der Waals surface area contributed by atoms with Crippen LogP contribution >= 0.6 is 0 Å². The first-order valence-electron chi connectivity index (χ1n) is 6.88. The van der Waals surface area contributed by atoms with E-state index < -0.39 is 0 Å². The summed E-state index contributed by atoms with van der Waals surface area (Å²) in [5, 5.41) is 0. The molecule has 1 aliphatic heterocycles. The van der Waals surface area contributed by atoms with Gasteiger partial charge in [-0.3, -0.25) is 4.90 Å². The van der Waals surface area contributed by atoms with E-state index in [-0.39, 0.29) is 17.6 Å². The van der Waals surface area contributed by atoms with Gasteiger partial charge in [0.2, 0.25) is 0 Å². The molecule has 1 aromatic rings. The third-order valence-electron chi connectivity index (χ3n) is 3.69. The molecule has 1 atom stereocenters. The van der Waals surface area contributed by atoms with Crippen molar-refractivity contribution in [2.24, 2.45) is 5.41 Å². The molecule has 0 fully saturated rings. The van der Waals surface area contributed by atoms with Crippen molar-refractivity contribution >= 4 is 17.9 Å². The molecule has 2 rings (SSSR count). The first-order valence-corrected chi connectivity index (χ1v) is 6.88. The highest BCUT2D eigenvalue weighted by atomic mass is 16.6. The van der Waals surface area contributed by atoms with Gasteiger partial charge in [-0.25, -0.2) is 4.79 Å². The first-order chi connectivity index (χ1) is 9.51. The Morgan fingerprint density at radius 1 is 1.45 bits per heavy atom. The predicted molar refractivity (Wildman–Crippen MR) is 82.7 cm³/mol. The maximum atomic E-state index is 12.4. The van der Waals surface area contributed by atoms with Crippen molar-refractivity contribution in [2.45, 2.75) is 26.8 Å². The summed E-state index contributed by atoms with van der Waals surface area (Å²) in [6.45, 7) is 10.2. The minimum absolute atomic E-state index is 0.103. The number of para-hydroxylation sites is 1. The number of hydrogen-bond acceptors (Lipinski definition) is 2. The zero-order valence-electron chi connectivity index (χ0n) is 12.3. The monoisotopic (exact) mass is 271 g/mol. The van der Waals surface area contributed by atoms with Crippen molar-refractivity contribution in [1.29, 1.82) is 0 Å². The Morgan fingerprint density at radius 2 is 2.15 bits per heavy atom. The summed E-state index contributed by atoms with van der Waals surface area (Å²) in [6, 6.07) is 7.74. The van der Waals surface area contributed by atoms with Crippen LogP contribution in [-0.4, -0.2) is 18.7 Å². The topological polar surface area (TPSA) is 29.5 Å². The molecule has 0 saturated carbocycles. The fraction of sp³-hybridized carbons (Fsp3) is 0.353. The number of ether oxygens (including phenoxy) is 1. The van der Waals surface area contributed by atoms with E-state index in [1.807, 2.05) is 43.3 Å². The average Bonchev–Trinajstić information content (AvgIpc) is 2.46. The van der Waals surface area contributed by atoms with E-state index in [0.29, 0.717) is 6.61 Å². The number of fused-ring (bicyclic) bond motifs is 1. The van der Waals surface area contributed by atoms with E-state index in [1.165, 1.54) is 0 Å². The number of anilines is 1. The molecule has 3 nitrogen and oxygen atoms in total. The van der Waals surface area contributed by atoms with Crippen molar-refractivity contribution < 1.29 is 9.53 Å². The molecule has 3 heteroatoms. The van der Waals surface area contributed by atoms with Crippen LogP contribution in [0.15, 0.2) is 43.0 Å². The summed E-state index contributed by atoms with van der Waals surface area (Å²) in [5.74, 6) is 0. The molecule has 20 heavy (non-hydrogen) atoms. The van der Waals surface area contributed by atoms with E-state index >= 15 is 0 Å². The summed E-state index contributed by atoms with van der Waals surface area (Å²) in [5.41, 5.74) is 1.67. The molecule has 1 aromatic carbocycles. The first kappa shape index (κ1) is 14.4. The van der Waals surface area contributed by atoms with Crippen LogP contribution in [0.4, 0.5) is 10.5 Å². The van der Waals surface area contributed by atoms with Gasteiger partial charge in [-0.1, -0.05) is 50.3 Å². The van der Waals surface area contributed by atoms with Crippen LogP contribution < -0.4 is 4.90 Å². The highest BCUT2D eigenvalue weighted by Crippen LogP contribution is 2.37. The zero-order valence-corrected chi connectivity index (χ0v) is 12.3. The Balaban J connectivity index is 2.49. The second-order valence-electron chi connectivity index (χ2n) is 5.46. The second-order valence-corrected chi connectivity index (χ2v) is 5.46. The lowest BCUT2D eigenvalue weighted by molar-refractivity contribution is 0.154. The van der Waals surface area contributed by atoms with Crippen molar-refractivity contribution in [3.63, 3.8) is 0 Å². The van der Waals surface area contributed by atoms with Gasteiger partial charge in [-0.2, -0.15) is 0 Å². The summed E-state index contributed by atoms with van der Waals surface area (Å²) in [4.78, 5) is 14.1. The molecule has 1 unspecified atom stereocenters. The van der Waals surface area contributed by atoms with Gasteiger partial charge in [0.25, 0.3) is 0 Å². The molecular weight excluding hydrogens is 250 g/mol. The molecule has 0 aliphatic carbocycles. The molecule has 0 saturated heterocycles. The Hall–Kier alpha value is -2.03. The molecular formula is C17H21NO2. The van der Waals surface area contributed by atoms with Gasteiger partial charge in [0.05, 0.1) is 18.3 Å². The number of carbonyl (C=O) groups is 1. The Morgan fingerprint density at radius 3 is 2.80 bits per heavy atom. The van der Waals surface area contributed by atoms with Gasteiger partial charge >= 0.3 is 6.09 Å². The molecule has 0 spiro atoms. The number of nitrogens with zero attached hydrogens (tertiary/aromatic N) is 1. The minimum Gasteiger partial charge on any atom is -0.449 e. The molecule has 0 N–H and O–H groups in total. The normalized spacial score (nSPS) is 17.6. The standard InChI is InChI=1S/C17H21NO2/c1-5-17(3,4)15-12-11-13-9-7-8-10-14(13)18(15)16(19)20-6-2/h5,7-12,15H,1,6H2,2-4H3. The fourth-order valence-corrected chi connectivity index (χ4v) is 2.38. The quantitative estimate of drug-likeness (QED) is 0.769. The van der Waals surface area contributed by atoms with Gasteiger partial charge in [0, 0.05) is 5.41 Å². The number of carbonyl (C=O) groups excluding carboxylic acids is 1. The van der Waals surface area contributed by atoms with Crippen LogP contribution in [0.25, 0.3) is 6.08 Å². The van der Waals surface area contributed by atoms with E-state index in [4.69, 9.17) is 4.74 Å². The molecule has 0 radical (unpaired) electrons. The molecule has 0 bridgehead atoms. The average molecular weight is 271 g/mol. The SMILES string of the molecule is C=CC(C)(C)C1C=Cc2ccccc2N1C(=O)OCC. The predicted octanol–water partition coefficient (Wildman–Crippen LogP) is 4.26. The van der Waals surface area contributed by atoms with E-state index in [1.54, 1.807) is 4.90 Å². The minimum atomic E-state index is -0.316. The Kier molecular flexibility index (Phi) is 3.98. The lowest BCUT2D eigenvalue weighted by atomic mass is 9.81. The lowest BCUT2D eigenvalue weighted by Gasteiger charge is -2.40. The van der Waals surface area contributed by atoms with Gasteiger partial charge in [0.15, 0.2) is 0 Å². The van der Waals surface area contributed by atoms with Crippen LogP contribution in [-0.2, 0) is 4.74 Å². The number of amides is 1. The second kappa shape index (κ2) is 5.53. The van der Waals surface area contributed by atoms with Gasteiger partial charge in [0.1, 0.15) is 0 Å². The number of rotatable bonds is 3. The van der Waals surface area contributed by atoms with Crippen molar-refractivity contribution in [1.82, 2.24) is 0 Å². The van der Waals surface area contributed by atoms with Crippen LogP contribution in [0.2, 0.25) is 0 Å². The van der Waals surface area contributed by atoms with E-state index in [0.717, 1.165) is 11.3 Å². The summed E-state index contributed by atoms with van der Waals surface area (Å²) >= 11 is 0. The highest BCUT2D eigenvalue weighted by Gasteiger charge is 2.37. The summed E-state index contributed by atoms with van der Waals surface area (Å²) < 4.78 is 5.23. The van der Waals surface area contributed by atoms with Crippen molar-refractivity contribution in [3.05, 3.63) is 48.6 Å². The largest absolute Gasteiger partial charge is 0.449 e. The third kappa shape index (κ3) is 2.48. The van der Waals surface area contributed by atoms with Crippen LogP contribution in [0.5, 0.6) is 0 Å². The lowest BCUT2D eigenvalue weighted by Crippen LogP contribution is -2.48. The van der Waals surface area contributed by atoms with Crippen molar-refractivity contribution in [2.75, 3.05) is 11.5 Å². The maximum absolute atomic E-state index is 12.4. The molecule has 0 aromatic heterocycles. The van der Waals surface area contributed by atoms with Crippen LogP contribution in [0, 0.1) is 5.41 Å². The molecule has 106 valence electrons. The van der Waals surface area contributed by atoms with E-state index in [2.05, 4.69) is 26.5 Å². The summed E-state index contributed by atoms with van der Waals surface area (Å²) in [7, 11) is 0. The van der Waals surface area contributed by atoms with E-state index in [9.17, 15) is 4.79 Å². The Labute approximate surface area is 120 Å². The molecule has 1 heterocycles. The molecule has 1 amide bonds. The maximum Gasteiger partial charge on any atom is 0.414 e. The van der Waals surface area contributed by atoms with Gasteiger partial charge < -0.3 is 4.74 Å². The Bertz CT molecular complexity index is 546. The summed E-state index contributed by atoms with van der Waals surface area (Å²) in [6.07, 6.45) is 5.66. The van der Waals surface area contributed by atoms with Gasteiger partial charge in [-0.05, 0) is 18.6 Å². The smallest absolute Gasteiger partial charge is 0.414 e. The van der Waals surface area contributed by atoms with Gasteiger partial charge in [-0.15, -0.1) is 6.58 Å². The third-order valence-corrected chi connectivity index (χ3v) is 3.69.